The number of hydrogen-bond donors (Lipinski definition) is 3. The van der Waals surface area contributed by atoms with Crippen molar-refractivity contribution in [1.82, 2.24) is 30.4 Å². The standard InChI is InChI=1S/C24H21N7O/c1-15-23(16(2)31(30-15)18-8-4-3-5-9-18)21-12-22(28-27-21)24(32)29-26-14-17-13-25-20-11-7-6-10-19(17)20/h3-14,25H,1-2H3,(H,27,28)(H,29,32)/b26-14-. The molecular formula is C24H21N7O. The number of nitrogens with one attached hydrogen (secondary N) is 3. The number of carbonyl (C=O) groups is 1. The molecule has 5 aromatic rings. The van der Waals surface area contributed by atoms with E-state index in [0.717, 1.165) is 39.1 Å². The Labute approximate surface area is 184 Å². The molecule has 5 rings (SSSR count). The zero-order valence-corrected chi connectivity index (χ0v) is 17.6. The molecule has 0 spiro atoms. The van der Waals surface area contributed by atoms with Crippen molar-refractivity contribution in [1.29, 1.82) is 0 Å². The van der Waals surface area contributed by atoms with Crippen LogP contribution in [0, 0.1) is 13.8 Å². The molecule has 8 heteroatoms. The third-order valence-corrected chi connectivity index (χ3v) is 5.36. The molecule has 0 saturated heterocycles. The first-order chi connectivity index (χ1) is 15.6. The summed E-state index contributed by atoms with van der Waals surface area (Å²) in [6.45, 7) is 3.92. The lowest BCUT2D eigenvalue weighted by Gasteiger charge is -2.04. The summed E-state index contributed by atoms with van der Waals surface area (Å²) < 4.78 is 1.88. The van der Waals surface area contributed by atoms with Crippen LogP contribution in [0.5, 0.6) is 0 Å². The van der Waals surface area contributed by atoms with E-state index < -0.39 is 0 Å². The molecule has 0 bridgehead atoms. The second kappa shape index (κ2) is 7.99. The molecule has 3 N–H and O–H groups in total. The lowest BCUT2D eigenvalue weighted by atomic mass is 10.1. The lowest BCUT2D eigenvalue weighted by Crippen LogP contribution is -2.17. The average molecular weight is 423 g/mol. The van der Waals surface area contributed by atoms with Gasteiger partial charge in [0, 0.05) is 28.2 Å². The molecule has 0 unspecified atom stereocenters. The lowest BCUT2D eigenvalue weighted by molar-refractivity contribution is 0.0950. The van der Waals surface area contributed by atoms with Crippen LogP contribution >= 0.6 is 0 Å². The van der Waals surface area contributed by atoms with Crippen molar-refractivity contribution in [3.05, 3.63) is 89.5 Å². The van der Waals surface area contributed by atoms with Gasteiger partial charge in [0.15, 0.2) is 0 Å². The van der Waals surface area contributed by atoms with Crippen LogP contribution in [-0.4, -0.2) is 37.1 Å². The first-order valence-corrected chi connectivity index (χ1v) is 10.2. The smallest absolute Gasteiger partial charge is 0.289 e. The second-order valence-corrected chi connectivity index (χ2v) is 7.45. The summed E-state index contributed by atoms with van der Waals surface area (Å²) >= 11 is 0. The van der Waals surface area contributed by atoms with Gasteiger partial charge >= 0.3 is 0 Å². The normalized spacial score (nSPS) is 11.4. The fourth-order valence-corrected chi connectivity index (χ4v) is 3.82. The zero-order valence-electron chi connectivity index (χ0n) is 17.6. The number of aryl methyl sites for hydroxylation is 1. The maximum atomic E-state index is 12.6. The summed E-state index contributed by atoms with van der Waals surface area (Å²) in [4.78, 5) is 15.7. The number of carbonyl (C=O) groups excluding carboxylic acids is 1. The van der Waals surface area contributed by atoms with Gasteiger partial charge in [-0.05, 0) is 38.1 Å². The highest BCUT2D eigenvalue weighted by Crippen LogP contribution is 2.27. The van der Waals surface area contributed by atoms with Crippen molar-refractivity contribution in [2.75, 3.05) is 0 Å². The highest BCUT2D eigenvalue weighted by atomic mass is 16.2. The highest BCUT2D eigenvalue weighted by molar-refractivity contribution is 6.00. The Morgan fingerprint density at radius 3 is 2.72 bits per heavy atom. The minimum atomic E-state index is -0.370. The number of H-pyrrole nitrogens is 2. The van der Waals surface area contributed by atoms with Gasteiger partial charge < -0.3 is 4.98 Å². The molecule has 0 aliphatic heterocycles. The number of nitrogens with zero attached hydrogens (tertiary/aromatic N) is 4. The summed E-state index contributed by atoms with van der Waals surface area (Å²) in [5.74, 6) is -0.370. The van der Waals surface area contributed by atoms with Gasteiger partial charge in [0.05, 0.1) is 29.0 Å². The summed E-state index contributed by atoms with van der Waals surface area (Å²) in [5.41, 5.74) is 9.09. The number of hydrazone groups is 1. The number of aromatic nitrogens is 5. The summed E-state index contributed by atoms with van der Waals surface area (Å²) in [5, 5.41) is 16.9. The molecular weight excluding hydrogens is 402 g/mol. The van der Waals surface area contributed by atoms with E-state index >= 15 is 0 Å². The predicted molar refractivity (Wildman–Crippen MR) is 124 cm³/mol. The predicted octanol–water partition coefficient (Wildman–Crippen LogP) is 4.12. The van der Waals surface area contributed by atoms with Crippen LogP contribution in [0.3, 0.4) is 0 Å². The Bertz CT molecular complexity index is 1440. The number of aromatic amines is 2. The van der Waals surface area contributed by atoms with E-state index in [1.807, 2.05) is 79.3 Å². The van der Waals surface area contributed by atoms with E-state index in [1.54, 1.807) is 12.3 Å². The number of benzene rings is 2. The van der Waals surface area contributed by atoms with E-state index in [2.05, 4.69) is 30.8 Å². The zero-order chi connectivity index (χ0) is 22.1. The monoisotopic (exact) mass is 423 g/mol. The molecule has 0 aliphatic carbocycles. The van der Waals surface area contributed by atoms with Gasteiger partial charge in [-0.2, -0.15) is 15.3 Å². The number of hydrogen-bond acceptors (Lipinski definition) is 4. The SMILES string of the molecule is Cc1nn(-c2ccccc2)c(C)c1-c1cc(C(=O)N/N=C\c2c[nH]c3ccccc23)[nH]n1. The van der Waals surface area contributed by atoms with Crippen LogP contribution in [0.15, 0.2) is 72.0 Å². The Balaban J connectivity index is 1.35. The summed E-state index contributed by atoms with van der Waals surface area (Å²) in [6.07, 6.45) is 3.47. The molecule has 32 heavy (non-hydrogen) atoms. The Kier molecular flexibility index (Phi) is 4.87. The molecule has 0 fully saturated rings. The van der Waals surface area contributed by atoms with Crippen LogP contribution in [0.1, 0.15) is 27.4 Å². The molecule has 158 valence electrons. The second-order valence-electron chi connectivity index (χ2n) is 7.45. The molecule has 2 aromatic carbocycles. The van der Waals surface area contributed by atoms with Crippen molar-refractivity contribution in [2.24, 2.45) is 5.10 Å². The van der Waals surface area contributed by atoms with E-state index in [9.17, 15) is 4.79 Å². The summed E-state index contributed by atoms with van der Waals surface area (Å²) in [6, 6.07) is 19.5. The minimum Gasteiger partial charge on any atom is -0.361 e. The van der Waals surface area contributed by atoms with Crippen LogP contribution in [-0.2, 0) is 0 Å². The number of rotatable bonds is 5. The van der Waals surface area contributed by atoms with E-state index in [4.69, 9.17) is 0 Å². The fourth-order valence-electron chi connectivity index (χ4n) is 3.82. The molecule has 8 nitrogen and oxygen atoms in total. The van der Waals surface area contributed by atoms with Crippen LogP contribution in [0.2, 0.25) is 0 Å². The molecule has 3 aromatic heterocycles. The largest absolute Gasteiger partial charge is 0.361 e. The van der Waals surface area contributed by atoms with Gasteiger partial charge in [0.25, 0.3) is 5.91 Å². The van der Waals surface area contributed by atoms with Crippen LogP contribution in [0.4, 0.5) is 0 Å². The minimum absolute atomic E-state index is 0.322. The maximum absolute atomic E-state index is 12.6. The van der Waals surface area contributed by atoms with Gasteiger partial charge in [-0.15, -0.1) is 0 Å². The number of fused-ring (bicyclic) bond motifs is 1. The molecule has 3 heterocycles. The maximum Gasteiger partial charge on any atom is 0.289 e. The number of para-hydroxylation sites is 2. The highest BCUT2D eigenvalue weighted by Gasteiger charge is 2.18. The van der Waals surface area contributed by atoms with Gasteiger partial charge in [-0.25, -0.2) is 10.1 Å². The molecule has 0 atom stereocenters. The van der Waals surface area contributed by atoms with Gasteiger partial charge in [0.2, 0.25) is 0 Å². The third kappa shape index (κ3) is 3.47. The van der Waals surface area contributed by atoms with Crippen molar-refractivity contribution < 1.29 is 4.79 Å². The Morgan fingerprint density at radius 1 is 1.09 bits per heavy atom. The van der Waals surface area contributed by atoms with Gasteiger partial charge in [-0.1, -0.05) is 36.4 Å². The quantitative estimate of drug-likeness (QED) is 0.292. The van der Waals surface area contributed by atoms with Crippen LogP contribution < -0.4 is 5.43 Å². The Hall–Kier alpha value is -4.46. The first-order valence-electron chi connectivity index (χ1n) is 10.2. The molecule has 1 amide bonds. The molecule has 0 aliphatic rings. The third-order valence-electron chi connectivity index (χ3n) is 5.36. The summed E-state index contributed by atoms with van der Waals surface area (Å²) in [7, 11) is 0. The van der Waals surface area contributed by atoms with E-state index in [1.165, 1.54) is 0 Å². The van der Waals surface area contributed by atoms with Gasteiger partial charge in [-0.3, -0.25) is 9.89 Å². The van der Waals surface area contributed by atoms with Gasteiger partial charge in [0.1, 0.15) is 5.69 Å². The van der Waals surface area contributed by atoms with Crippen molar-refractivity contribution in [3.63, 3.8) is 0 Å². The van der Waals surface area contributed by atoms with Crippen molar-refractivity contribution in [2.45, 2.75) is 13.8 Å². The van der Waals surface area contributed by atoms with E-state index in [0.29, 0.717) is 11.4 Å². The van der Waals surface area contributed by atoms with Crippen LogP contribution in [0.25, 0.3) is 27.8 Å². The van der Waals surface area contributed by atoms with E-state index in [-0.39, 0.29) is 5.91 Å². The Morgan fingerprint density at radius 2 is 1.88 bits per heavy atom. The number of amides is 1. The first kappa shape index (κ1) is 19.5. The molecule has 0 saturated carbocycles. The molecule has 0 radical (unpaired) electrons. The van der Waals surface area contributed by atoms with Crippen molar-refractivity contribution in [3.8, 4) is 16.9 Å². The average Bonchev–Trinajstić information content (AvgIpc) is 3.52. The fraction of sp³-hybridized carbons (Fsp3) is 0.0833. The topological polar surface area (TPSA) is 104 Å². The van der Waals surface area contributed by atoms with Crippen molar-refractivity contribution >= 4 is 23.0 Å².